The van der Waals surface area contributed by atoms with Crippen LogP contribution in [0.15, 0.2) is 42.5 Å². The number of hydrogen-bond acceptors (Lipinski definition) is 6. The van der Waals surface area contributed by atoms with Crippen LogP contribution >= 0.6 is 11.3 Å². The van der Waals surface area contributed by atoms with Gasteiger partial charge in [-0.3, -0.25) is 0 Å². The van der Waals surface area contributed by atoms with Crippen molar-refractivity contribution in [2.24, 2.45) is 11.8 Å². The number of benzene rings is 2. The van der Waals surface area contributed by atoms with Crippen molar-refractivity contribution in [3.8, 4) is 11.5 Å². The fraction of sp³-hybridized carbons (Fsp3) is 0.600. The van der Waals surface area contributed by atoms with Crippen LogP contribution in [0.5, 0.6) is 11.5 Å². The molecule has 0 radical (unpaired) electrons. The number of nitrogens with zero attached hydrogens (tertiary/aromatic N) is 1. The standard InChI is InChI=1S/C35H49NO4S/c1-24(21-39-22-29-19-28-9-7-8-10-31(28)41-29)11-13-26(3)36(20-27-14-15-27)18-17-35(4)32(23-37-5)40-34-30(38-6)16-12-25(2)33(34)35/h7-10,12,16,19,24,26-27,32H,11,13-15,17-18,20-23H2,1-6H3/t24?,26?,32-,35?/m0/s1. The SMILES string of the molecule is COC[C@@H]1Oc2c(OC)ccc(C)c2C1(C)CCN(CC1CC1)C(C)CCC(C)COCc1cc2ccccc2s1. The molecule has 0 N–H and O–H groups in total. The van der Waals surface area contributed by atoms with Gasteiger partial charge in [0, 0.05) is 46.9 Å². The summed E-state index contributed by atoms with van der Waals surface area (Å²) in [6, 6.07) is 15.6. The van der Waals surface area contributed by atoms with Gasteiger partial charge in [-0.05, 0) is 93.5 Å². The van der Waals surface area contributed by atoms with Gasteiger partial charge in [-0.2, -0.15) is 0 Å². The molecule has 0 saturated heterocycles. The van der Waals surface area contributed by atoms with E-state index in [0.29, 0.717) is 25.2 Å². The smallest absolute Gasteiger partial charge is 0.165 e. The summed E-state index contributed by atoms with van der Waals surface area (Å²) < 4.78 is 25.4. The second kappa shape index (κ2) is 13.5. The van der Waals surface area contributed by atoms with Gasteiger partial charge in [0.25, 0.3) is 0 Å². The van der Waals surface area contributed by atoms with E-state index in [1.807, 2.05) is 17.4 Å². The van der Waals surface area contributed by atoms with Crippen LogP contribution in [0.4, 0.5) is 0 Å². The minimum absolute atomic E-state index is 0.0197. The maximum atomic E-state index is 6.54. The van der Waals surface area contributed by atoms with Gasteiger partial charge < -0.3 is 23.8 Å². The van der Waals surface area contributed by atoms with Crippen molar-refractivity contribution < 1.29 is 18.9 Å². The van der Waals surface area contributed by atoms with Gasteiger partial charge in [0.1, 0.15) is 6.10 Å². The molecule has 1 aliphatic carbocycles. The summed E-state index contributed by atoms with van der Waals surface area (Å²) in [5, 5.41) is 1.32. The normalized spacial score (nSPS) is 21.7. The highest BCUT2D eigenvalue weighted by molar-refractivity contribution is 7.19. The van der Waals surface area contributed by atoms with E-state index in [9.17, 15) is 0 Å². The predicted octanol–water partition coefficient (Wildman–Crippen LogP) is 8.01. The Morgan fingerprint density at radius 1 is 1.10 bits per heavy atom. The second-order valence-electron chi connectivity index (χ2n) is 12.8. The molecule has 6 heteroatoms. The van der Waals surface area contributed by atoms with Crippen LogP contribution in [0.25, 0.3) is 10.1 Å². The van der Waals surface area contributed by atoms with Gasteiger partial charge in [-0.1, -0.05) is 38.1 Å². The number of thiophene rings is 1. The highest BCUT2D eigenvalue weighted by Crippen LogP contribution is 2.51. The van der Waals surface area contributed by atoms with E-state index in [2.05, 4.69) is 69.0 Å². The Hall–Kier alpha value is -2.12. The third kappa shape index (κ3) is 7.10. The molecule has 2 heterocycles. The number of aryl methyl sites for hydroxylation is 1. The lowest BCUT2D eigenvalue weighted by Gasteiger charge is -2.36. The molecular formula is C35H49NO4S. The van der Waals surface area contributed by atoms with E-state index in [1.165, 1.54) is 58.3 Å². The third-order valence-electron chi connectivity index (χ3n) is 9.34. The molecule has 224 valence electrons. The molecule has 4 atom stereocenters. The van der Waals surface area contributed by atoms with Crippen molar-refractivity contribution in [3.05, 3.63) is 58.5 Å². The molecule has 1 saturated carbocycles. The molecule has 0 bridgehead atoms. The van der Waals surface area contributed by atoms with E-state index in [-0.39, 0.29) is 11.5 Å². The Labute approximate surface area is 251 Å². The molecule has 0 spiro atoms. The van der Waals surface area contributed by atoms with Crippen molar-refractivity contribution in [2.75, 3.05) is 40.5 Å². The zero-order chi connectivity index (χ0) is 29.0. The Kier molecular flexibility index (Phi) is 9.96. The summed E-state index contributed by atoms with van der Waals surface area (Å²) in [4.78, 5) is 4.07. The lowest BCUT2D eigenvalue weighted by Crippen LogP contribution is -2.44. The highest BCUT2D eigenvalue weighted by Gasteiger charge is 2.47. The third-order valence-corrected chi connectivity index (χ3v) is 10.4. The van der Waals surface area contributed by atoms with Crippen molar-refractivity contribution >= 4 is 21.4 Å². The summed E-state index contributed by atoms with van der Waals surface area (Å²) in [5.74, 6) is 3.13. The molecule has 3 aromatic rings. The highest BCUT2D eigenvalue weighted by atomic mass is 32.1. The molecule has 3 unspecified atom stereocenters. The molecule has 5 rings (SSSR count). The van der Waals surface area contributed by atoms with Gasteiger partial charge in [0.2, 0.25) is 0 Å². The number of rotatable bonds is 16. The van der Waals surface area contributed by atoms with Crippen LogP contribution in [0.1, 0.15) is 68.9 Å². The summed E-state index contributed by atoms with van der Waals surface area (Å²) in [5.41, 5.74) is 2.44. The Morgan fingerprint density at radius 2 is 1.90 bits per heavy atom. The second-order valence-corrected chi connectivity index (χ2v) is 13.9. The minimum atomic E-state index is -0.126. The molecule has 1 aliphatic heterocycles. The van der Waals surface area contributed by atoms with Crippen molar-refractivity contribution in [1.82, 2.24) is 4.90 Å². The summed E-state index contributed by atoms with van der Waals surface area (Å²) in [6.07, 6.45) is 6.13. The number of hydrogen-bond donors (Lipinski definition) is 0. The van der Waals surface area contributed by atoms with Crippen LogP contribution in [-0.4, -0.2) is 57.6 Å². The van der Waals surface area contributed by atoms with E-state index >= 15 is 0 Å². The van der Waals surface area contributed by atoms with Crippen LogP contribution in [0.2, 0.25) is 0 Å². The first-order chi connectivity index (χ1) is 19.8. The van der Waals surface area contributed by atoms with Crippen LogP contribution in [0.3, 0.4) is 0 Å². The average molecular weight is 580 g/mol. The summed E-state index contributed by atoms with van der Waals surface area (Å²) in [7, 11) is 3.50. The maximum absolute atomic E-state index is 6.54. The minimum Gasteiger partial charge on any atom is -0.493 e. The summed E-state index contributed by atoms with van der Waals surface area (Å²) >= 11 is 1.84. The van der Waals surface area contributed by atoms with E-state index < -0.39 is 0 Å². The van der Waals surface area contributed by atoms with Gasteiger partial charge in [0.15, 0.2) is 11.5 Å². The number of ether oxygens (including phenoxy) is 4. The molecule has 5 nitrogen and oxygen atoms in total. The Morgan fingerprint density at radius 3 is 2.63 bits per heavy atom. The molecule has 2 aliphatic rings. The van der Waals surface area contributed by atoms with E-state index in [4.69, 9.17) is 18.9 Å². The first-order valence-electron chi connectivity index (χ1n) is 15.4. The van der Waals surface area contributed by atoms with Gasteiger partial charge in [-0.25, -0.2) is 0 Å². The predicted molar refractivity (Wildman–Crippen MR) is 170 cm³/mol. The van der Waals surface area contributed by atoms with E-state index in [1.54, 1.807) is 14.2 Å². The van der Waals surface area contributed by atoms with Crippen LogP contribution in [-0.2, 0) is 21.5 Å². The molecule has 0 amide bonds. The van der Waals surface area contributed by atoms with Crippen molar-refractivity contribution in [1.29, 1.82) is 0 Å². The lowest BCUT2D eigenvalue weighted by atomic mass is 9.74. The van der Waals surface area contributed by atoms with Gasteiger partial charge in [-0.15, -0.1) is 11.3 Å². The summed E-state index contributed by atoms with van der Waals surface area (Å²) in [6.45, 7) is 13.7. The van der Waals surface area contributed by atoms with Gasteiger partial charge >= 0.3 is 0 Å². The number of methoxy groups -OCH3 is 2. The monoisotopic (exact) mass is 579 g/mol. The first kappa shape index (κ1) is 30.3. The lowest BCUT2D eigenvalue weighted by molar-refractivity contribution is 0.0433. The fourth-order valence-corrected chi connectivity index (χ4v) is 7.50. The fourth-order valence-electron chi connectivity index (χ4n) is 6.50. The quantitative estimate of drug-likeness (QED) is 0.172. The zero-order valence-electron chi connectivity index (χ0n) is 25.9. The van der Waals surface area contributed by atoms with Gasteiger partial charge in [0.05, 0.1) is 20.3 Å². The molecule has 1 aromatic heterocycles. The van der Waals surface area contributed by atoms with Crippen LogP contribution < -0.4 is 9.47 Å². The maximum Gasteiger partial charge on any atom is 0.165 e. The van der Waals surface area contributed by atoms with Crippen molar-refractivity contribution in [3.63, 3.8) is 0 Å². The Balaban J connectivity index is 1.17. The van der Waals surface area contributed by atoms with E-state index in [0.717, 1.165) is 37.0 Å². The topological polar surface area (TPSA) is 40.2 Å². The molecule has 41 heavy (non-hydrogen) atoms. The van der Waals surface area contributed by atoms with Crippen molar-refractivity contribution in [2.45, 2.75) is 84.0 Å². The molecule has 1 fully saturated rings. The zero-order valence-corrected chi connectivity index (χ0v) is 26.7. The average Bonchev–Trinajstić information content (AvgIpc) is 3.61. The molecule has 2 aromatic carbocycles. The largest absolute Gasteiger partial charge is 0.493 e. The Bertz CT molecular complexity index is 1250. The first-order valence-corrected chi connectivity index (χ1v) is 16.3. The molecular weight excluding hydrogens is 530 g/mol. The number of fused-ring (bicyclic) bond motifs is 2. The van der Waals surface area contributed by atoms with Crippen LogP contribution in [0, 0.1) is 18.8 Å².